The molecule has 14 heteroatoms. The molecule has 1 unspecified atom stereocenters. The molecule has 0 bridgehead atoms. The SMILES string of the molecule is CCOc1cncc(-c2sc(C(N)=O)nc2C(CCN(C)C)c2c(F)ccc(NS(=O)(=O)C3CC3)c2F)n1. The summed E-state index contributed by atoms with van der Waals surface area (Å²) in [5, 5.41) is -0.667. The highest BCUT2D eigenvalue weighted by Gasteiger charge is 2.37. The Balaban J connectivity index is 1.88. The van der Waals surface area contributed by atoms with Crippen LogP contribution in [0.4, 0.5) is 14.5 Å². The number of benzene rings is 1. The van der Waals surface area contributed by atoms with Crippen LogP contribution >= 0.6 is 11.3 Å². The number of carbonyl (C=O) groups is 1. The Kier molecular flexibility index (Phi) is 8.23. The fraction of sp³-hybridized carbons (Fsp3) is 0.417. The van der Waals surface area contributed by atoms with Gasteiger partial charge in [0.1, 0.15) is 11.5 Å². The van der Waals surface area contributed by atoms with E-state index in [4.69, 9.17) is 10.5 Å². The van der Waals surface area contributed by atoms with Gasteiger partial charge in [0.25, 0.3) is 5.91 Å². The Bertz CT molecular complexity index is 1440. The molecule has 0 saturated heterocycles. The van der Waals surface area contributed by atoms with Crippen LogP contribution in [0.15, 0.2) is 24.5 Å². The molecule has 1 saturated carbocycles. The maximum absolute atomic E-state index is 15.9. The van der Waals surface area contributed by atoms with Crippen molar-refractivity contribution in [1.82, 2.24) is 19.9 Å². The van der Waals surface area contributed by atoms with E-state index in [2.05, 4.69) is 19.7 Å². The number of sulfonamides is 1. The minimum absolute atomic E-state index is 0.0696. The van der Waals surface area contributed by atoms with Crippen LogP contribution in [0.3, 0.4) is 0 Å². The van der Waals surface area contributed by atoms with Crippen LogP contribution in [0, 0.1) is 11.6 Å². The van der Waals surface area contributed by atoms with E-state index in [1.165, 1.54) is 12.4 Å². The van der Waals surface area contributed by atoms with Crippen molar-refractivity contribution in [2.24, 2.45) is 5.73 Å². The van der Waals surface area contributed by atoms with Gasteiger partial charge < -0.3 is 15.4 Å². The van der Waals surface area contributed by atoms with E-state index >= 15 is 8.78 Å². The number of ether oxygens (including phenoxy) is 1. The van der Waals surface area contributed by atoms with Gasteiger partial charge in [-0.1, -0.05) is 0 Å². The third-order valence-electron chi connectivity index (χ3n) is 5.89. The van der Waals surface area contributed by atoms with E-state index in [0.29, 0.717) is 30.9 Å². The second-order valence-electron chi connectivity index (χ2n) is 9.09. The van der Waals surface area contributed by atoms with Crippen molar-refractivity contribution in [3.05, 3.63) is 52.4 Å². The second kappa shape index (κ2) is 11.3. The molecule has 4 rings (SSSR count). The summed E-state index contributed by atoms with van der Waals surface area (Å²) in [7, 11) is -0.198. The molecule has 204 valence electrons. The number of nitrogens with one attached hydrogen (secondary N) is 1. The standard InChI is InChI=1S/C24H28F2N6O4S2/c1-4-36-18-12-28-11-17(29-18)22-21(30-24(37-22)23(27)33)14(9-10-32(2)3)19-15(25)7-8-16(20(19)26)31-38(34,35)13-5-6-13/h7-8,11-14,31H,4-6,9-10H2,1-3H3,(H2,27,33). The van der Waals surface area contributed by atoms with Crippen molar-refractivity contribution >= 4 is 33.0 Å². The smallest absolute Gasteiger partial charge is 0.277 e. The van der Waals surface area contributed by atoms with E-state index in [0.717, 1.165) is 23.5 Å². The summed E-state index contributed by atoms with van der Waals surface area (Å²) in [6, 6.07) is 2.08. The molecular weight excluding hydrogens is 538 g/mol. The van der Waals surface area contributed by atoms with Crippen molar-refractivity contribution in [3.8, 4) is 16.5 Å². The molecule has 10 nitrogen and oxygen atoms in total. The van der Waals surface area contributed by atoms with Crippen molar-refractivity contribution < 1.29 is 26.7 Å². The second-order valence-corrected chi connectivity index (χ2v) is 12.0. The zero-order valence-corrected chi connectivity index (χ0v) is 22.7. The normalized spacial score (nSPS) is 14.5. The van der Waals surface area contributed by atoms with Gasteiger partial charge in [-0.2, -0.15) is 0 Å². The molecule has 0 spiro atoms. The molecule has 38 heavy (non-hydrogen) atoms. The maximum Gasteiger partial charge on any atom is 0.277 e. The third kappa shape index (κ3) is 6.08. The molecule has 1 fully saturated rings. The number of primary amides is 1. The number of aromatic nitrogens is 3. The minimum Gasteiger partial charge on any atom is -0.477 e. The summed E-state index contributed by atoms with van der Waals surface area (Å²) in [5.41, 5.74) is 5.25. The lowest BCUT2D eigenvalue weighted by molar-refractivity contribution is 0.0999. The molecule has 0 radical (unpaired) electrons. The molecule has 3 aromatic rings. The van der Waals surface area contributed by atoms with Gasteiger partial charge in [-0.05, 0) is 59.0 Å². The molecule has 1 aliphatic rings. The lowest BCUT2D eigenvalue weighted by Crippen LogP contribution is -2.21. The van der Waals surface area contributed by atoms with Crippen LogP contribution in [-0.4, -0.2) is 66.7 Å². The minimum atomic E-state index is -3.80. The summed E-state index contributed by atoms with van der Waals surface area (Å²) < 4.78 is 64.0. The predicted octanol–water partition coefficient (Wildman–Crippen LogP) is 3.36. The Labute approximate surface area is 223 Å². The highest BCUT2D eigenvalue weighted by molar-refractivity contribution is 7.93. The average Bonchev–Trinajstić information content (AvgIpc) is 3.63. The van der Waals surface area contributed by atoms with Crippen LogP contribution in [0.2, 0.25) is 0 Å². The van der Waals surface area contributed by atoms with Gasteiger partial charge in [0.05, 0.1) is 40.5 Å². The number of anilines is 1. The first kappa shape index (κ1) is 27.8. The Hall–Kier alpha value is -3.23. The van der Waals surface area contributed by atoms with Gasteiger partial charge in [0, 0.05) is 11.5 Å². The van der Waals surface area contributed by atoms with E-state index in [9.17, 15) is 13.2 Å². The highest BCUT2D eigenvalue weighted by atomic mass is 32.2. The van der Waals surface area contributed by atoms with Crippen LogP contribution in [0.5, 0.6) is 5.88 Å². The van der Waals surface area contributed by atoms with E-state index in [1.54, 1.807) is 21.0 Å². The first-order chi connectivity index (χ1) is 18.0. The Morgan fingerprint density at radius 3 is 2.63 bits per heavy atom. The van der Waals surface area contributed by atoms with Gasteiger partial charge in [-0.25, -0.2) is 27.2 Å². The van der Waals surface area contributed by atoms with Gasteiger partial charge in [-0.15, -0.1) is 11.3 Å². The molecule has 1 aromatic carbocycles. The average molecular weight is 567 g/mol. The summed E-state index contributed by atoms with van der Waals surface area (Å²) in [6.45, 7) is 2.52. The summed E-state index contributed by atoms with van der Waals surface area (Å²) in [6.07, 6.45) is 4.00. The van der Waals surface area contributed by atoms with Gasteiger partial charge >= 0.3 is 0 Å². The zero-order chi connectivity index (χ0) is 27.6. The first-order valence-electron chi connectivity index (χ1n) is 11.9. The number of hydrogen-bond donors (Lipinski definition) is 2. The van der Waals surface area contributed by atoms with Crippen molar-refractivity contribution in [2.75, 3.05) is 32.0 Å². The number of thiazole rings is 1. The van der Waals surface area contributed by atoms with E-state index in [1.807, 2.05) is 4.90 Å². The fourth-order valence-electron chi connectivity index (χ4n) is 3.92. The molecule has 0 aliphatic heterocycles. The molecule has 1 atom stereocenters. The quantitative estimate of drug-likeness (QED) is 0.340. The molecule has 1 aliphatic carbocycles. The van der Waals surface area contributed by atoms with Crippen LogP contribution in [0.25, 0.3) is 10.6 Å². The van der Waals surface area contributed by atoms with Gasteiger partial charge in [0.2, 0.25) is 15.9 Å². The van der Waals surface area contributed by atoms with Crippen LogP contribution in [-0.2, 0) is 10.0 Å². The number of carbonyl (C=O) groups excluding carboxylic acids is 1. The van der Waals surface area contributed by atoms with Gasteiger partial charge in [0.15, 0.2) is 10.8 Å². The predicted molar refractivity (Wildman–Crippen MR) is 140 cm³/mol. The Morgan fingerprint density at radius 1 is 1.26 bits per heavy atom. The van der Waals surface area contributed by atoms with E-state index < -0.39 is 38.7 Å². The van der Waals surface area contributed by atoms with Crippen molar-refractivity contribution in [1.29, 1.82) is 0 Å². The topological polar surface area (TPSA) is 140 Å². The molecule has 1 amide bonds. The summed E-state index contributed by atoms with van der Waals surface area (Å²) in [5.74, 6) is -3.53. The van der Waals surface area contributed by atoms with Crippen LogP contribution in [0.1, 0.15) is 53.2 Å². The lowest BCUT2D eigenvalue weighted by Gasteiger charge is -2.22. The number of nitrogens with zero attached hydrogens (tertiary/aromatic N) is 4. The monoisotopic (exact) mass is 566 g/mol. The first-order valence-corrected chi connectivity index (χ1v) is 14.3. The summed E-state index contributed by atoms with van der Waals surface area (Å²) >= 11 is 0.929. The number of amides is 1. The highest BCUT2D eigenvalue weighted by Crippen LogP contribution is 2.42. The molecule has 2 aromatic heterocycles. The number of halogens is 2. The van der Waals surface area contributed by atoms with Crippen molar-refractivity contribution in [3.63, 3.8) is 0 Å². The maximum atomic E-state index is 15.9. The largest absolute Gasteiger partial charge is 0.477 e. The number of rotatable bonds is 12. The summed E-state index contributed by atoms with van der Waals surface area (Å²) in [4.78, 5) is 27.2. The zero-order valence-electron chi connectivity index (χ0n) is 21.1. The molecule has 2 heterocycles. The lowest BCUT2D eigenvalue weighted by atomic mass is 9.89. The number of hydrogen-bond acceptors (Lipinski definition) is 9. The van der Waals surface area contributed by atoms with Crippen molar-refractivity contribution in [2.45, 2.75) is 37.4 Å². The third-order valence-corrected chi connectivity index (χ3v) is 8.85. The Morgan fingerprint density at radius 2 is 2.00 bits per heavy atom. The fourth-order valence-corrected chi connectivity index (χ4v) is 6.24. The number of nitrogens with two attached hydrogens (primary N) is 1. The van der Waals surface area contributed by atoms with E-state index in [-0.39, 0.29) is 39.9 Å². The molecular formula is C24H28F2N6O4S2. The van der Waals surface area contributed by atoms with Crippen LogP contribution < -0.4 is 15.2 Å². The molecule has 3 N–H and O–H groups in total. The van der Waals surface area contributed by atoms with Gasteiger partial charge in [-0.3, -0.25) is 14.5 Å².